The van der Waals surface area contributed by atoms with Crippen LogP contribution in [-0.2, 0) is 4.74 Å². The standard InChI is InChI=1S/C24H22N2O2S/c1-4-28-24(27)22-21(25)20-18(16-9-5-14(2)6-10-16)13-19(26-23(20)29-22)17-11-7-15(3)8-12-17/h5-13H,4,25H2,1-3H3. The fourth-order valence-electron chi connectivity index (χ4n) is 3.30. The molecular weight excluding hydrogens is 380 g/mol. The quantitative estimate of drug-likeness (QED) is 0.425. The number of pyridine rings is 1. The number of aryl methyl sites for hydroxylation is 2. The first kappa shape index (κ1) is 19.2. The molecule has 0 unspecified atom stereocenters. The smallest absolute Gasteiger partial charge is 0.350 e. The number of hydrogen-bond donors (Lipinski definition) is 1. The molecule has 4 rings (SSSR count). The second-order valence-corrected chi connectivity index (χ2v) is 8.03. The Bertz CT molecular complexity index is 1190. The van der Waals surface area contributed by atoms with Crippen molar-refractivity contribution in [3.8, 4) is 22.4 Å². The van der Waals surface area contributed by atoms with Gasteiger partial charge in [0.25, 0.3) is 0 Å². The number of nitrogens with zero attached hydrogens (tertiary/aromatic N) is 1. The lowest BCUT2D eigenvalue weighted by atomic mass is 9.98. The SMILES string of the molecule is CCOC(=O)c1sc2nc(-c3ccc(C)cc3)cc(-c3ccc(C)cc3)c2c1N. The maximum Gasteiger partial charge on any atom is 0.350 e. The second kappa shape index (κ2) is 7.68. The summed E-state index contributed by atoms with van der Waals surface area (Å²) in [6, 6.07) is 18.6. The van der Waals surface area contributed by atoms with Crippen LogP contribution in [0.5, 0.6) is 0 Å². The van der Waals surface area contributed by atoms with Crippen molar-refractivity contribution in [2.24, 2.45) is 0 Å². The Hall–Kier alpha value is -3.18. The summed E-state index contributed by atoms with van der Waals surface area (Å²) < 4.78 is 5.19. The van der Waals surface area contributed by atoms with Crippen molar-refractivity contribution in [1.29, 1.82) is 0 Å². The highest BCUT2D eigenvalue weighted by atomic mass is 32.1. The van der Waals surface area contributed by atoms with Gasteiger partial charge in [0.05, 0.1) is 18.0 Å². The maximum absolute atomic E-state index is 12.4. The van der Waals surface area contributed by atoms with Gasteiger partial charge in [0.1, 0.15) is 9.71 Å². The molecule has 0 atom stereocenters. The number of esters is 1. The summed E-state index contributed by atoms with van der Waals surface area (Å²) in [5.74, 6) is -0.403. The van der Waals surface area contributed by atoms with E-state index in [1.165, 1.54) is 22.5 Å². The largest absolute Gasteiger partial charge is 0.462 e. The Morgan fingerprint density at radius 2 is 1.59 bits per heavy atom. The topological polar surface area (TPSA) is 65.2 Å². The number of anilines is 1. The van der Waals surface area contributed by atoms with Gasteiger partial charge < -0.3 is 10.5 Å². The molecule has 2 aromatic carbocycles. The molecule has 0 spiro atoms. The van der Waals surface area contributed by atoms with E-state index in [9.17, 15) is 4.79 Å². The molecule has 0 saturated carbocycles. The van der Waals surface area contributed by atoms with Crippen LogP contribution in [0.25, 0.3) is 32.6 Å². The van der Waals surface area contributed by atoms with Crippen LogP contribution in [-0.4, -0.2) is 17.6 Å². The van der Waals surface area contributed by atoms with E-state index in [0.29, 0.717) is 17.2 Å². The number of rotatable bonds is 4. The van der Waals surface area contributed by atoms with Gasteiger partial charge in [0, 0.05) is 10.9 Å². The number of fused-ring (bicyclic) bond motifs is 1. The average Bonchev–Trinajstić information content (AvgIpc) is 3.05. The molecule has 0 aliphatic carbocycles. The van der Waals surface area contributed by atoms with Crippen LogP contribution in [0.1, 0.15) is 27.7 Å². The number of nitrogen functional groups attached to an aromatic ring is 1. The Labute approximate surface area is 174 Å². The van der Waals surface area contributed by atoms with E-state index >= 15 is 0 Å². The number of benzene rings is 2. The summed E-state index contributed by atoms with van der Waals surface area (Å²) in [5, 5.41) is 0.803. The highest BCUT2D eigenvalue weighted by molar-refractivity contribution is 7.21. The van der Waals surface area contributed by atoms with Crippen LogP contribution in [0, 0.1) is 13.8 Å². The lowest BCUT2D eigenvalue weighted by molar-refractivity contribution is 0.0533. The fourth-order valence-corrected chi connectivity index (χ4v) is 4.32. The van der Waals surface area contributed by atoms with Crippen molar-refractivity contribution in [3.63, 3.8) is 0 Å². The number of carbonyl (C=O) groups is 1. The summed E-state index contributed by atoms with van der Waals surface area (Å²) in [4.78, 5) is 18.4. The summed E-state index contributed by atoms with van der Waals surface area (Å²) in [6.45, 7) is 6.21. The molecule has 0 bridgehead atoms. The molecule has 0 aliphatic rings. The summed E-state index contributed by atoms with van der Waals surface area (Å²) in [7, 11) is 0. The van der Waals surface area contributed by atoms with Gasteiger partial charge in [0.2, 0.25) is 0 Å². The minimum absolute atomic E-state index is 0.305. The Balaban J connectivity index is 1.99. The average molecular weight is 403 g/mol. The predicted molar refractivity (Wildman–Crippen MR) is 120 cm³/mol. The fraction of sp³-hybridized carbons (Fsp3) is 0.167. The number of carbonyl (C=O) groups excluding carboxylic acids is 1. The molecule has 4 nitrogen and oxygen atoms in total. The third kappa shape index (κ3) is 3.61. The zero-order valence-corrected chi connectivity index (χ0v) is 17.5. The summed E-state index contributed by atoms with van der Waals surface area (Å²) in [6.07, 6.45) is 0. The minimum Gasteiger partial charge on any atom is -0.462 e. The first-order valence-electron chi connectivity index (χ1n) is 9.52. The van der Waals surface area contributed by atoms with Crippen LogP contribution < -0.4 is 5.73 Å². The Morgan fingerprint density at radius 1 is 1.00 bits per heavy atom. The zero-order valence-electron chi connectivity index (χ0n) is 16.7. The van der Waals surface area contributed by atoms with Gasteiger partial charge >= 0.3 is 5.97 Å². The van der Waals surface area contributed by atoms with Crippen molar-refractivity contribution in [1.82, 2.24) is 4.98 Å². The molecule has 29 heavy (non-hydrogen) atoms. The molecular formula is C24H22N2O2S. The van der Waals surface area contributed by atoms with Gasteiger partial charge in [-0.25, -0.2) is 9.78 Å². The molecule has 5 heteroatoms. The van der Waals surface area contributed by atoms with E-state index in [0.717, 1.165) is 32.6 Å². The molecule has 0 amide bonds. The van der Waals surface area contributed by atoms with E-state index in [1.54, 1.807) is 6.92 Å². The van der Waals surface area contributed by atoms with Gasteiger partial charge in [-0.15, -0.1) is 11.3 Å². The van der Waals surface area contributed by atoms with Gasteiger partial charge in [-0.05, 0) is 38.0 Å². The van der Waals surface area contributed by atoms with Crippen molar-refractivity contribution in [3.05, 3.63) is 70.6 Å². The first-order valence-corrected chi connectivity index (χ1v) is 10.3. The molecule has 2 aromatic heterocycles. The minimum atomic E-state index is -0.403. The van der Waals surface area contributed by atoms with Gasteiger partial charge in [-0.2, -0.15) is 0 Å². The van der Waals surface area contributed by atoms with E-state index in [4.69, 9.17) is 15.5 Å². The van der Waals surface area contributed by atoms with Crippen molar-refractivity contribution in [2.75, 3.05) is 12.3 Å². The molecule has 0 saturated heterocycles. The molecule has 146 valence electrons. The molecule has 0 aliphatic heterocycles. The zero-order chi connectivity index (χ0) is 20.5. The summed E-state index contributed by atoms with van der Waals surface area (Å²) in [5.41, 5.74) is 13.1. The predicted octanol–water partition coefficient (Wildman–Crippen LogP) is 6.01. The molecule has 0 fully saturated rings. The normalized spacial score (nSPS) is 11.0. The summed E-state index contributed by atoms with van der Waals surface area (Å²) >= 11 is 1.29. The number of nitrogens with two attached hydrogens (primary N) is 1. The second-order valence-electron chi connectivity index (χ2n) is 7.03. The van der Waals surface area contributed by atoms with Crippen LogP contribution in [0.3, 0.4) is 0 Å². The van der Waals surface area contributed by atoms with Gasteiger partial charge in [0.15, 0.2) is 0 Å². The Kier molecular flexibility index (Phi) is 5.07. The third-order valence-electron chi connectivity index (χ3n) is 4.87. The number of ether oxygens (including phenoxy) is 1. The third-order valence-corrected chi connectivity index (χ3v) is 5.95. The number of hydrogen-bond acceptors (Lipinski definition) is 5. The van der Waals surface area contributed by atoms with Crippen LogP contribution in [0.2, 0.25) is 0 Å². The Morgan fingerprint density at radius 3 is 2.17 bits per heavy atom. The maximum atomic E-state index is 12.4. The highest BCUT2D eigenvalue weighted by Gasteiger charge is 2.22. The molecule has 0 radical (unpaired) electrons. The van der Waals surface area contributed by atoms with Crippen LogP contribution in [0.4, 0.5) is 5.69 Å². The highest BCUT2D eigenvalue weighted by Crippen LogP contribution is 2.41. The van der Waals surface area contributed by atoms with Crippen molar-refractivity contribution < 1.29 is 9.53 Å². The van der Waals surface area contributed by atoms with Crippen LogP contribution in [0.15, 0.2) is 54.6 Å². The lowest BCUT2D eigenvalue weighted by Crippen LogP contribution is -2.04. The van der Waals surface area contributed by atoms with Gasteiger partial charge in [-0.3, -0.25) is 0 Å². The van der Waals surface area contributed by atoms with Crippen molar-refractivity contribution >= 4 is 33.2 Å². The van der Waals surface area contributed by atoms with E-state index in [1.807, 2.05) is 0 Å². The van der Waals surface area contributed by atoms with E-state index in [-0.39, 0.29) is 0 Å². The van der Waals surface area contributed by atoms with Crippen molar-refractivity contribution in [2.45, 2.75) is 20.8 Å². The monoisotopic (exact) mass is 402 g/mol. The number of aromatic nitrogens is 1. The first-order chi connectivity index (χ1) is 14.0. The number of thiophene rings is 1. The molecule has 2 N–H and O–H groups in total. The lowest BCUT2D eigenvalue weighted by Gasteiger charge is -2.09. The van der Waals surface area contributed by atoms with E-state index < -0.39 is 5.97 Å². The van der Waals surface area contributed by atoms with Gasteiger partial charge in [-0.1, -0.05) is 59.7 Å². The van der Waals surface area contributed by atoms with E-state index in [2.05, 4.69) is 68.4 Å². The molecule has 2 heterocycles. The van der Waals surface area contributed by atoms with Crippen LogP contribution >= 0.6 is 11.3 Å². The molecule has 4 aromatic rings.